The Kier molecular flexibility index (Phi) is 5.58. The number of carbonyl (C=O) groups is 1. The van der Waals surface area contributed by atoms with Crippen LogP contribution in [0.15, 0.2) is 17.0 Å². The Bertz CT molecular complexity index is 555. The highest BCUT2D eigenvalue weighted by Crippen LogP contribution is 2.41. The average molecular weight is 341 g/mol. The van der Waals surface area contributed by atoms with Gasteiger partial charge < -0.3 is 5.11 Å². The minimum Gasteiger partial charge on any atom is -0.478 e. The normalized spacial score (nSPS) is 14.9. The van der Waals surface area contributed by atoms with E-state index in [2.05, 4.69) is 0 Å². The van der Waals surface area contributed by atoms with Crippen molar-refractivity contribution in [3.8, 4) is 0 Å². The van der Waals surface area contributed by atoms with E-state index in [0.717, 1.165) is 0 Å². The molecule has 0 radical (unpaired) electrons. The zero-order valence-electron chi connectivity index (χ0n) is 11.2. The van der Waals surface area contributed by atoms with Gasteiger partial charge in [0.25, 0.3) is 4.59 Å². The van der Waals surface area contributed by atoms with Gasteiger partial charge in [0, 0.05) is 10.8 Å². The summed E-state index contributed by atoms with van der Waals surface area (Å²) < 4.78 is 23.6. The maximum Gasteiger partial charge on any atom is 0.335 e. The second-order valence-corrected chi connectivity index (χ2v) is 7.48. The molecule has 0 amide bonds. The summed E-state index contributed by atoms with van der Waals surface area (Å²) in [4.78, 5) is 11.2. The van der Waals surface area contributed by atoms with Crippen LogP contribution in [0.4, 0.5) is 4.39 Å². The van der Waals surface area contributed by atoms with Crippen LogP contribution in [0.25, 0.3) is 0 Å². The molecule has 1 N–H and O–H groups in total. The third-order valence-electron chi connectivity index (χ3n) is 3.08. The highest BCUT2D eigenvalue weighted by molar-refractivity contribution is 7.85. The van der Waals surface area contributed by atoms with E-state index in [-0.39, 0.29) is 26.8 Å². The second-order valence-electron chi connectivity index (χ2n) is 4.43. The van der Waals surface area contributed by atoms with Crippen LogP contribution in [0.5, 0.6) is 0 Å². The van der Waals surface area contributed by atoms with E-state index >= 15 is 0 Å². The molecule has 0 aromatic heterocycles. The molecule has 0 saturated carbocycles. The predicted octanol–water partition coefficient (Wildman–Crippen LogP) is 4.16. The molecule has 0 aliphatic carbocycles. The number of halogens is 3. The quantitative estimate of drug-likeness (QED) is 0.819. The number of carboxylic acid groups (broad SMARTS) is 1. The molecule has 0 unspecified atom stereocenters. The van der Waals surface area contributed by atoms with Gasteiger partial charge in [-0.05, 0) is 25.0 Å². The SMILES string of the molecule is CC[C@@H](C)[S@@](=O)c1c(C(F)(Cl)Cl)ccc(C(=O)O)c1C. The Morgan fingerprint density at radius 3 is 2.45 bits per heavy atom. The highest BCUT2D eigenvalue weighted by atomic mass is 35.5. The van der Waals surface area contributed by atoms with Gasteiger partial charge in [-0.1, -0.05) is 43.1 Å². The molecular formula is C13H15Cl2FO3S. The Labute approximate surface area is 129 Å². The average Bonchev–Trinajstić information content (AvgIpc) is 2.34. The lowest BCUT2D eigenvalue weighted by Gasteiger charge is -2.20. The monoisotopic (exact) mass is 340 g/mol. The van der Waals surface area contributed by atoms with E-state index < -0.39 is 21.4 Å². The number of alkyl halides is 3. The molecule has 0 spiro atoms. The largest absolute Gasteiger partial charge is 0.478 e. The van der Waals surface area contributed by atoms with Crippen LogP contribution >= 0.6 is 23.2 Å². The molecule has 0 fully saturated rings. The van der Waals surface area contributed by atoms with E-state index in [4.69, 9.17) is 28.3 Å². The van der Waals surface area contributed by atoms with Crippen LogP contribution in [-0.2, 0) is 15.4 Å². The van der Waals surface area contributed by atoms with Gasteiger partial charge in [-0.2, -0.15) is 0 Å². The molecular weight excluding hydrogens is 326 g/mol. The molecule has 3 nitrogen and oxygen atoms in total. The van der Waals surface area contributed by atoms with Gasteiger partial charge in [-0.15, -0.1) is 0 Å². The zero-order valence-corrected chi connectivity index (χ0v) is 13.6. The number of benzene rings is 1. The maximum atomic E-state index is 13.9. The predicted molar refractivity (Wildman–Crippen MR) is 78.8 cm³/mol. The Hall–Kier alpha value is -0.650. The van der Waals surface area contributed by atoms with Crippen LogP contribution in [0.1, 0.15) is 41.8 Å². The van der Waals surface area contributed by atoms with Crippen molar-refractivity contribution in [1.82, 2.24) is 0 Å². The van der Waals surface area contributed by atoms with E-state index in [1.54, 1.807) is 6.92 Å². The van der Waals surface area contributed by atoms with Crippen LogP contribution in [0, 0.1) is 6.92 Å². The van der Waals surface area contributed by atoms with E-state index in [1.165, 1.54) is 19.1 Å². The summed E-state index contributed by atoms with van der Waals surface area (Å²) in [5.41, 5.74) is 0.0110. The van der Waals surface area contributed by atoms with Crippen molar-refractivity contribution in [2.75, 3.05) is 0 Å². The lowest BCUT2D eigenvalue weighted by Crippen LogP contribution is -2.18. The van der Waals surface area contributed by atoms with Gasteiger partial charge >= 0.3 is 5.97 Å². The number of carboxylic acids is 1. The van der Waals surface area contributed by atoms with Crippen molar-refractivity contribution in [3.63, 3.8) is 0 Å². The van der Waals surface area contributed by atoms with Crippen molar-refractivity contribution in [2.24, 2.45) is 0 Å². The molecule has 2 atom stereocenters. The van der Waals surface area contributed by atoms with Crippen molar-refractivity contribution in [3.05, 3.63) is 28.8 Å². The molecule has 0 aliphatic rings. The number of hydrogen-bond donors (Lipinski definition) is 1. The molecule has 112 valence electrons. The number of rotatable bonds is 5. The first kappa shape index (κ1) is 17.4. The summed E-state index contributed by atoms with van der Waals surface area (Å²) in [5.74, 6) is -1.18. The lowest BCUT2D eigenvalue weighted by atomic mass is 10.1. The summed E-state index contributed by atoms with van der Waals surface area (Å²) in [5, 5.41) is 8.83. The van der Waals surface area contributed by atoms with Crippen molar-refractivity contribution in [1.29, 1.82) is 0 Å². The summed E-state index contributed by atoms with van der Waals surface area (Å²) in [7, 11) is -1.60. The maximum absolute atomic E-state index is 13.9. The molecule has 1 rings (SSSR count). The minimum atomic E-state index is -2.72. The molecule has 1 aromatic rings. The summed E-state index contributed by atoms with van der Waals surface area (Å²) >= 11 is 11.0. The van der Waals surface area contributed by atoms with Crippen LogP contribution in [-0.4, -0.2) is 20.5 Å². The molecule has 20 heavy (non-hydrogen) atoms. The van der Waals surface area contributed by atoms with Crippen LogP contribution in [0.2, 0.25) is 0 Å². The fourth-order valence-corrected chi connectivity index (χ4v) is 3.73. The Morgan fingerprint density at radius 2 is 2.05 bits per heavy atom. The smallest absolute Gasteiger partial charge is 0.335 e. The van der Waals surface area contributed by atoms with Crippen molar-refractivity contribution >= 4 is 40.0 Å². The Balaban J connectivity index is 3.62. The standard InChI is InChI=1S/C13H15Cl2FO3S/c1-4-7(2)20(19)11-8(3)9(12(17)18)5-6-10(11)13(14,15)16/h5-7H,4H2,1-3H3,(H,17,18)/t7-,20-/m1/s1. The van der Waals surface area contributed by atoms with Gasteiger partial charge in [-0.3, -0.25) is 4.21 Å². The van der Waals surface area contributed by atoms with Crippen LogP contribution in [0.3, 0.4) is 0 Å². The van der Waals surface area contributed by atoms with Gasteiger partial charge in [-0.25, -0.2) is 9.18 Å². The van der Waals surface area contributed by atoms with Gasteiger partial charge in [0.05, 0.1) is 21.3 Å². The van der Waals surface area contributed by atoms with Gasteiger partial charge in [0.1, 0.15) is 0 Å². The third kappa shape index (κ3) is 3.51. The number of hydrogen-bond acceptors (Lipinski definition) is 2. The number of aromatic carboxylic acids is 1. The van der Waals surface area contributed by atoms with Crippen molar-refractivity contribution < 1.29 is 18.5 Å². The van der Waals surface area contributed by atoms with Crippen molar-refractivity contribution in [2.45, 2.75) is 41.9 Å². The molecule has 0 aliphatic heterocycles. The van der Waals surface area contributed by atoms with E-state index in [1.807, 2.05) is 6.92 Å². The third-order valence-corrected chi connectivity index (χ3v) is 5.48. The summed E-state index contributed by atoms with van der Waals surface area (Å²) in [6.07, 6.45) is 0.590. The van der Waals surface area contributed by atoms with E-state index in [0.29, 0.717) is 6.42 Å². The first-order valence-corrected chi connectivity index (χ1v) is 7.92. The van der Waals surface area contributed by atoms with E-state index in [9.17, 15) is 13.4 Å². The fraction of sp³-hybridized carbons (Fsp3) is 0.462. The lowest BCUT2D eigenvalue weighted by molar-refractivity contribution is 0.0695. The fourth-order valence-electron chi connectivity index (χ4n) is 1.76. The highest BCUT2D eigenvalue weighted by Gasteiger charge is 2.33. The molecule has 7 heteroatoms. The molecule has 1 aromatic carbocycles. The first-order chi connectivity index (χ1) is 9.11. The molecule has 0 saturated heterocycles. The summed E-state index contributed by atoms with van der Waals surface area (Å²) in [6, 6.07) is 2.38. The second kappa shape index (κ2) is 6.41. The molecule has 0 bridgehead atoms. The zero-order chi connectivity index (χ0) is 15.7. The minimum absolute atomic E-state index is 0.0435. The van der Waals surface area contributed by atoms with Gasteiger partial charge in [0.2, 0.25) is 0 Å². The summed E-state index contributed by atoms with van der Waals surface area (Å²) in [6.45, 7) is 5.04. The van der Waals surface area contributed by atoms with Gasteiger partial charge in [0.15, 0.2) is 0 Å². The topological polar surface area (TPSA) is 54.4 Å². The first-order valence-electron chi connectivity index (χ1n) is 5.95. The Morgan fingerprint density at radius 1 is 1.50 bits per heavy atom. The van der Waals surface area contributed by atoms with Crippen LogP contribution < -0.4 is 0 Å². The molecule has 0 heterocycles.